The van der Waals surface area contributed by atoms with E-state index in [4.69, 9.17) is 9.84 Å². The summed E-state index contributed by atoms with van der Waals surface area (Å²) in [5.41, 5.74) is 3.99. The molecule has 0 N–H and O–H groups in total. The van der Waals surface area contributed by atoms with Crippen molar-refractivity contribution in [3.8, 4) is 16.9 Å². The number of pyridine rings is 1. The Kier molecular flexibility index (Phi) is 6.83. The highest BCUT2D eigenvalue weighted by Crippen LogP contribution is 2.42. The van der Waals surface area contributed by atoms with E-state index in [-0.39, 0.29) is 4.90 Å². The second-order valence-electron chi connectivity index (χ2n) is 10.4. The van der Waals surface area contributed by atoms with Gasteiger partial charge in [0.1, 0.15) is 11.3 Å². The highest BCUT2D eigenvalue weighted by atomic mass is 32.2. The van der Waals surface area contributed by atoms with E-state index in [1.807, 2.05) is 71.5 Å². The van der Waals surface area contributed by atoms with Gasteiger partial charge in [0.05, 0.1) is 24.4 Å². The Morgan fingerprint density at radius 3 is 1.73 bits per heavy atom. The van der Waals surface area contributed by atoms with Crippen molar-refractivity contribution in [2.24, 2.45) is 0 Å². The minimum atomic E-state index is -3.94. The van der Waals surface area contributed by atoms with E-state index < -0.39 is 15.6 Å². The number of nitrogens with zero attached hydrogens (tertiary/aromatic N) is 4. The van der Waals surface area contributed by atoms with Gasteiger partial charge in [-0.05, 0) is 34.9 Å². The minimum Gasteiger partial charge on any atom is -0.495 e. The fourth-order valence-corrected chi connectivity index (χ4v) is 7.22. The van der Waals surface area contributed by atoms with Gasteiger partial charge in [-0.25, -0.2) is 17.4 Å². The second kappa shape index (κ2) is 11.0. The molecule has 7 nitrogen and oxygen atoms in total. The molecular weight excluding hydrogens is 568 g/mol. The van der Waals surface area contributed by atoms with Crippen molar-refractivity contribution < 1.29 is 13.2 Å². The molecule has 0 aliphatic heterocycles. The van der Waals surface area contributed by atoms with Crippen LogP contribution in [0.5, 0.6) is 5.75 Å². The van der Waals surface area contributed by atoms with Crippen LogP contribution in [0, 0.1) is 0 Å². The van der Waals surface area contributed by atoms with Gasteiger partial charge in [-0.2, -0.15) is 5.10 Å². The largest absolute Gasteiger partial charge is 0.495 e. The molecule has 3 heterocycles. The molecule has 3 aromatic heterocycles. The molecule has 44 heavy (non-hydrogen) atoms. The van der Waals surface area contributed by atoms with Crippen LogP contribution in [0.4, 0.5) is 0 Å². The lowest BCUT2D eigenvalue weighted by Gasteiger charge is -2.36. The van der Waals surface area contributed by atoms with Crippen molar-refractivity contribution in [1.29, 1.82) is 0 Å². The number of hydrogen-bond acceptors (Lipinski definition) is 5. The fourth-order valence-electron chi connectivity index (χ4n) is 5.87. The third-order valence-corrected chi connectivity index (χ3v) is 9.60. The Morgan fingerprint density at radius 2 is 1.20 bits per heavy atom. The van der Waals surface area contributed by atoms with Crippen LogP contribution in [-0.4, -0.2) is 34.3 Å². The van der Waals surface area contributed by atoms with Gasteiger partial charge in [0.25, 0.3) is 10.0 Å². The predicted octanol–water partition coefficient (Wildman–Crippen LogP) is 6.99. The summed E-state index contributed by atoms with van der Waals surface area (Å²) >= 11 is 0. The van der Waals surface area contributed by atoms with Crippen LogP contribution in [0.25, 0.3) is 22.2 Å². The first-order valence-electron chi connectivity index (χ1n) is 14.1. The molecule has 0 aliphatic carbocycles. The molecule has 0 saturated heterocycles. The van der Waals surface area contributed by atoms with Crippen LogP contribution in [0.2, 0.25) is 0 Å². The van der Waals surface area contributed by atoms with Crippen LogP contribution in [0.3, 0.4) is 0 Å². The van der Waals surface area contributed by atoms with Crippen molar-refractivity contribution in [3.05, 3.63) is 169 Å². The van der Waals surface area contributed by atoms with Crippen molar-refractivity contribution in [2.45, 2.75) is 10.4 Å². The molecule has 7 rings (SSSR count). The van der Waals surface area contributed by atoms with Crippen LogP contribution in [0.15, 0.2) is 157 Å². The average molecular weight is 597 g/mol. The fraction of sp³-hybridized carbons (Fsp3) is 0.0556. The van der Waals surface area contributed by atoms with Gasteiger partial charge < -0.3 is 4.74 Å². The van der Waals surface area contributed by atoms with Crippen molar-refractivity contribution >= 4 is 21.1 Å². The van der Waals surface area contributed by atoms with Crippen molar-refractivity contribution in [3.63, 3.8) is 0 Å². The monoisotopic (exact) mass is 596 g/mol. The van der Waals surface area contributed by atoms with Crippen molar-refractivity contribution in [1.82, 2.24) is 18.7 Å². The second-order valence-corrected chi connectivity index (χ2v) is 12.2. The van der Waals surface area contributed by atoms with E-state index >= 15 is 0 Å². The highest BCUT2D eigenvalue weighted by molar-refractivity contribution is 7.90. The molecule has 0 aliphatic rings. The van der Waals surface area contributed by atoms with Crippen LogP contribution in [0.1, 0.15) is 16.7 Å². The molecule has 0 unspecified atom stereocenters. The van der Waals surface area contributed by atoms with E-state index in [0.717, 1.165) is 22.3 Å². The molecule has 0 spiro atoms. The Balaban J connectivity index is 1.49. The van der Waals surface area contributed by atoms with E-state index in [1.165, 1.54) is 10.2 Å². The number of aromatic nitrogens is 4. The lowest BCUT2D eigenvalue weighted by molar-refractivity contribution is 0.413. The molecule has 0 saturated carbocycles. The minimum absolute atomic E-state index is 0.174. The Labute approximate surface area is 255 Å². The van der Waals surface area contributed by atoms with Crippen molar-refractivity contribution in [2.75, 3.05) is 7.11 Å². The van der Waals surface area contributed by atoms with Gasteiger partial charge in [0.15, 0.2) is 5.65 Å². The smallest absolute Gasteiger partial charge is 0.269 e. The van der Waals surface area contributed by atoms with Crippen LogP contribution >= 0.6 is 0 Å². The number of hydrogen-bond donors (Lipinski definition) is 0. The summed E-state index contributed by atoms with van der Waals surface area (Å²) in [6.45, 7) is 0. The molecule has 0 atom stereocenters. The number of rotatable bonds is 8. The van der Waals surface area contributed by atoms with E-state index in [9.17, 15) is 8.42 Å². The van der Waals surface area contributed by atoms with Crippen LogP contribution in [-0.2, 0) is 15.6 Å². The first kappa shape index (κ1) is 27.4. The molecular formula is C36H28N4O3S. The van der Waals surface area contributed by atoms with Gasteiger partial charge in [0, 0.05) is 28.9 Å². The van der Waals surface area contributed by atoms with E-state index in [0.29, 0.717) is 22.3 Å². The highest BCUT2D eigenvalue weighted by Gasteiger charge is 2.39. The quantitative estimate of drug-likeness (QED) is 0.177. The third-order valence-electron chi connectivity index (χ3n) is 7.93. The van der Waals surface area contributed by atoms with Gasteiger partial charge in [-0.3, -0.25) is 4.68 Å². The molecule has 0 radical (unpaired) electrons. The molecule has 0 amide bonds. The Hall–Kier alpha value is -5.47. The van der Waals surface area contributed by atoms with Gasteiger partial charge >= 0.3 is 0 Å². The van der Waals surface area contributed by atoms with E-state index in [1.54, 1.807) is 49.8 Å². The lowest BCUT2D eigenvalue weighted by atomic mass is 9.77. The molecule has 4 aromatic carbocycles. The molecule has 7 aromatic rings. The predicted molar refractivity (Wildman–Crippen MR) is 171 cm³/mol. The zero-order valence-corrected chi connectivity index (χ0v) is 24.7. The third kappa shape index (κ3) is 4.39. The summed E-state index contributed by atoms with van der Waals surface area (Å²) < 4.78 is 36.4. The topological polar surface area (TPSA) is 79.0 Å². The van der Waals surface area contributed by atoms with Gasteiger partial charge in [-0.15, -0.1) is 0 Å². The van der Waals surface area contributed by atoms with E-state index in [2.05, 4.69) is 41.4 Å². The molecule has 0 fully saturated rings. The number of benzene rings is 4. The Morgan fingerprint density at radius 1 is 0.682 bits per heavy atom. The molecule has 216 valence electrons. The number of ether oxygens (including phenoxy) is 1. The number of fused-ring (bicyclic) bond motifs is 1. The summed E-state index contributed by atoms with van der Waals surface area (Å²) in [5.74, 6) is 0.521. The zero-order valence-electron chi connectivity index (χ0n) is 23.9. The van der Waals surface area contributed by atoms with Crippen LogP contribution < -0.4 is 4.74 Å². The first-order valence-corrected chi connectivity index (χ1v) is 15.6. The number of methoxy groups -OCH3 is 1. The summed E-state index contributed by atoms with van der Waals surface area (Å²) in [6.07, 6.45) is 6.89. The zero-order chi connectivity index (χ0) is 30.1. The average Bonchev–Trinajstić information content (AvgIpc) is 3.73. The summed E-state index contributed by atoms with van der Waals surface area (Å²) in [5, 5.41) is 5.61. The SMILES string of the molecule is COc1cnc2c(c1)c(-c1cnn(C(c3ccccc3)(c3ccccc3)c3ccccc3)c1)cn2S(=O)(=O)c1ccccc1. The summed E-state index contributed by atoms with van der Waals surface area (Å²) in [7, 11) is -2.38. The maximum atomic E-state index is 13.8. The maximum absolute atomic E-state index is 13.8. The summed E-state index contributed by atoms with van der Waals surface area (Å²) in [6, 6.07) is 41.0. The lowest BCUT2D eigenvalue weighted by Crippen LogP contribution is -2.38. The summed E-state index contributed by atoms with van der Waals surface area (Å²) in [4.78, 5) is 4.69. The Bertz CT molecular complexity index is 2060. The molecule has 8 heteroatoms. The normalized spacial score (nSPS) is 11.9. The van der Waals surface area contributed by atoms with Gasteiger partial charge in [0.2, 0.25) is 0 Å². The standard InChI is InChI=1S/C36H28N4O3S/c1-43-31-22-33-34(26-39(35(33)37-24-31)44(41,42)32-20-12-5-13-21-32)27-23-38-40(25-27)36(28-14-6-2-7-15-28,29-16-8-3-9-17-29)30-18-10-4-11-19-30/h2-26H,1H3. The first-order chi connectivity index (χ1) is 21.5. The molecule has 0 bridgehead atoms. The maximum Gasteiger partial charge on any atom is 0.269 e. The van der Waals surface area contributed by atoms with Gasteiger partial charge in [-0.1, -0.05) is 109 Å².